The normalized spacial score (nSPS) is 9.89. The van der Waals surface area contributed by atoms with Crippen molar-refractivity contribution < 1.29 is 23.5 Å². The number of carbonyl (C=O) groups is 2. The van der Waals surface area contributed by atoms with Gasteiger partial charge in [-0.25, -0.2) is 13.6 Å². The molecule has 1 aromatic carbocycles. The monoisotopic (exact) mass is 258 g/mol. The molecule has 0 saturated heterocycles. The highest BCUT2D eigenvalue weighted by atomic mass is 19.2. The maximum absolute atomic E-state index is 12.8. The number of rotatable bonds is 5. The van der Waals surface area contributed by atoms with Crippen LogP contribution in [0.1, 0.15) is 12.0 Å². The lowest BCUT2D eigenvalue weighted by atomic mass is 10.2. The molecule has 0 fully saturated rings. The Morgan fingerprint density at radius 3 is 2.50 bits per heavy atom. The van der Waals surface area contributed by atoms with E-state index >= 15 is 0 Å². The summed E-state index contributed by atoms with van der Waals surface area (Å²) in [4.78, 5) is 21.3. The number of hydrogen-bond donors (Lipinski definition) is 3. The van der Waals surface area contributed by atoms with Crippen molar-refractivity contribution in [3.8, 4) is 0 Å². The zero-order valence-corrected chi connectivity index (χ0v) is 9.37. The molecule has 0 heterocycles. The van der Waals surface area contributed by atoms with Gasteiger partial charge in [0.1, 0.15) is 0 Å². The fourth-order valence-electron chi connectivity index (χ4n) is 1.18. The molecule has 0 unspecified atom stereocenters. The topological polar surface area (TPSA) is 78.4 Å². The van der Waals surface area contributed by atoms with Crippen LogP contribution in [-0.2, 0) is 11.3 Å². The molecule has 0 saturated carbocycles. The summed E-state index contributed by atoms with van der Waals surface area (Å²) in [5, 5.41) is 13.0. The van der Waals surface area contributed by atoms with Crippen molar-refractivity contribution in [3.05, 3.63) is 35.4 Å². The van der Waals surface area contributed by atoms with E-state index in [1.807, 2.05) is 0 Å². The molecule has 18 heavy (non-hydrogen) atoms. The number of amides is 2. The minimum atomic E-state index is -1.02. The number of halogens is 2. The van der Waals surface area contributed by atoms with Crippen molar-refractivity contribution >= 4 is 12.0 Å². The SMILES string of the molecule is O=C(O)CCNC(=O)NCc1ccc(F)c(F)c1. The third-order valence-corrected chi connectivity index (χ3v) is 2.06. The first-order valence-corrected chi connectivity index (χ1v) is 5.16. The summed E-state index contributed by atoms with van der Waals surface area (Å²) in [7, 11) is 0. The van der Waals surface area contributed by atoms with Crippen molar-refractivity contribution in [1.82, 2.24) is 10.6 Å². The second kappa shape index (κ2) is 6.53. The van der Waals surface area contributed by atoms with Gasteiger partial charge in [0.25, 0.3) is 0 Å². The highest BCUT2D eigenvalue weighted by Crippen LogP contribution is 2.08. The van der Waals surface area contributed by atoms with Crippen LogP contribution < -0.4 is 10.6 Å². The summed E-state index contributed by atoms with van der Waals surface area (Å²) in [5.74, 6) is -2.96. The maximum atomic E-state index is 12.8. The first kappa shape index (κ1) is 13.9. The summed E-state index contributed by atoms with van der Waals surface area (Å²) in [6.45, 7) is 0.0229. The van der Waals surface area contributed by atoms with Gasteiger partial charge in [0.05, 0.1) is 6.42 Å². The molecule has 2 amide bonds. The number of nitrogens with one attached hydrogen (secondary N) is 2. The third-order valence-electron chi connectivity index (χ3n) is 2.06. The number of carboxylic acid groups (broad SMARTS) is 1. The molecule has 0 radical (unpaired) electrons. The lowest BCUT2D eigenvalue weighted by Crippen LogP contribution is -2.36. The fourth-order valence-corrected chi connectivity index (χ4v) is 1.18. The van der Waals surface area contributed by atoms with E-state index in [-0.39, 0.29) is 19.5 Å². The van der Waals surface area contributed by atoms with Crippen molar-refractivity contribution in [1.29, 1.82) is 0 Å². The number of carboxylic acids is 1. The summed E-state index contributed by atoms with van der Waals surface area (Å²) in [6, 6.07) is 2.72. The number of hydrogen-bond acceptors (Lipinski definition) is 2. The molecule has 3 N–H and O–H groups in total. The number of carbonyl (C=O) groups excluding carboxylic acids is 1. The maximum Gasteiger partial charge on any atom is 0.315 e. The van der Waals surface area contributed by atoms with Crippen LogP contribution in [0.4, 0.5) is 13.6 Å². The van der Waals surface area contributed by atoms with Gasteiger partial charge in [-0.1, -0.05) is 6.07 Å². The molecule has 1 aromatic rings. The summed E-state index contributed by atoms with van der Waals surface area (Å²) in [5.41, 5.74) is 0.405. The Morgan fingerprint density at radius 1 is 1.17 bits per heavy atom. The zero-order chi connectivity index (χ0) is 13.5. The highest BCUT2D eigenvalue weighted by Gasteiger charge is 2.05. The molecule has 0 aliphatic carbocycles. The van der Waals surface area contributed by atoms with E-state index in [0.29, 0.717) is 5.56 Å². The second-order valence-electron chi connectivity index (χ2n) is 3.50. The molecule has 1 rings (SSSR count). The largest absolute Gasteiger partial charge is 0.481 e. The van der Waals surface area contributed by atoms with Gasteiger partial charge in [-0.05, 0) is 17.7 Å². The van der Waals surface area contributed by atoms with Gasteiger partial charge in [-0.3, -0.25) is 4.79 Å². The first-order valence-electron chi connectivity index (χ1n) is 5.16. The molecule has 0 atom stereocenters. The lowest BCUT2D eigenvalue weighted by molar-refractivity contribution is -0.136. The van der Waals surface area contributed by atoms with Gasteiger partial charge in [-0.15, -0.1) is 0 Å². The highest BCUT2D eigenvalue weighted by molar-refractivity contribution is 5.74. The van der Waals surface area contributed by atoms with Crippen LogP contribution in [0.3, 0.4) is 0 Å². The molecule has 7 heteroatoms. The number of benzene rings is 1. The van der Waals surface area contributed by atoms with Crippen molar-refractivity contribution in [2.24, 2.45) is 0 Å². The Balaban J connectivity index is 2.33. The predicted octanol–water partition coefficient (Wildman–Crippen LogP) is 1.24. The van der Waals surface area contributed by atoms with E-state index in [4.69, 9.17) is 5.11 Å². The Bertz CT molecular complexity index is 452. The molecule has 0 aromatic heterocycles. The van der Waals surface area contributed by atoms with E-state index in [0.717, 1.165) is 12.1 Å². The Morgan fingerprint density at radius 2 is 1.89 bits per heavy atom. The van der Waals surface area contributed by atoms with E-state index < -0.39 is 23.6 Å². The first-order chi connectivity index (χ1) is 8.49. The van der Waals surface area contributed by atoms with E-state index in [1.165, 1.54) is 6.07 Å². The standard InChI is InChI=1S/C11H12F2N2O3/c12-8-2-1-7(5-9(8)13)6-15-11(18)14-4-3-10(16)17/h1-2,5H,3-4,6H2,(H,16,17)(H2,14,15,18). The van der Waals surface area contributed by atoms with E-state index in [1.54, 1.807) is 0 Å². The minimum absolute atomic E-state index is 0.00105. The van der Waals surface area contributed by atoms with Crippen molar-refractivity contribution in [2.75, 3.05) is 6.54 Å². The van der Waals surface area contributed by atoms with Gasteiger partial charge >= 0.3 is 12.0 Å². The smallest absolute Gasteiger partial charge is 0.315 e. The number of aliphatic carboxylic acids is 1. The average Bonchev–Trinajstić information content (AvgIpc) is 2.30. The van der Waals surface area contributed by atoms with Crippen LogP contribution in [0.25, 0.3) is 0 Å². The lowest BCUT2D eigenvalue weighted by Gasteiger charge is -2.06. The van der Waals surface area contributed by atoms with Crippen LogP contribution in [-0.4, -0.2) is 23.7 Å². The van der Waals surface area contributed by atoms with Crippen LogP contribution in [0.5, 0.6) is 0 Å². The predicted molar refractivity (Wildman–Crippen MR) is 58.8 cm³/mol. The quantitative estimate of drug-likeness (QED) is 0.743. The van der Waals surface area contributed by atoms with Gasteiger partial charge < -0.3 is 15.7 Å². The van der Waals surface area contributed by atoms with Crippen molar-refractivity contribution in [2.45, 2.75) is 13.0 Å². The summed E-state index contributed by atoms with van der Waals surface area (Å²) < 4.78 is 25.4. The molecule has 5 nitrogen and oxygen atoms in total. The van der Waals surface area contributed by atoms with Gasteiger partial charge in [0, 0.05) is 13.1 Å². The molecular weight excluding hydrogens is 246 g/mol. The molecule has 0 aliphatic heterocycles. The average molecular weight is 258 g/mol. The number of urea groups is 1. The van der Waals surface area contributed by atoms with E-state index in [2.05, 4.69) is 10.6 Å². The van der Waals surface area contributed by atoms with Crippen LogP contribution in [0.15, 0.2) is 18.2 Å². The third kappa shape index (κ3) is 4.77. The summed E-state index contributed by atoms with van der Waals surface area (Å²) in [6.07, 6.45) is -0.182. The fraction of sp³-hybridized carbons (Fsp3) is 0.273. The zero-order valence-electron chi connectivity index (χ0n) is 9.37. The minimum Gasteiger partial charge on any atom is -0.481 e. The molecular formula is C11H12F2N2O3. The molecule has 98 valence electrons. The van der Waals surface area contributed by atoms with Gasteiger partial charge in [0.2, 0.25) is 0 Å². The molecule has 0 bridgehead atoms. The molecule has 0 spiro atoms. The second-order valence-corrected chi connectivity index (χ2v) is 3.50. The van der Waals surface area contributed by atoms with Crippen LogP contribution in [0, 0.1) is 11.6 Å². The van der Waals surface area contributed by atoms with Crippen LogP contribution >= 0.6 is 0 Å². The Kier molecular flexibility index (Phi) is 5.04. The Hall–Kier alpha value is -2.18. The van der Waals surface area contributed by atoms with Gasteiger partial charge in [-0.2, -0.15) is 0 Å². The molecule has 0 aliphatic rings. The van der Waals surface area contributed by atoms with Crippen LogP contribution in [0.2, 0.25) is 0 Å². The van der Waals surface area contributed by atoms with Crippen molar-refractivity contribution in [3.63, 3.8) is 0 Å². The van der Waals surface area contributed by atoms with Gasteiger partial charge in [0.15, 0.2) is 11.6 Å². The summed E-state index contributed by atoms with van der Waals surface area (Å²) >= 11 is 0. The Labute approximate surface area is 102 Å². The van der Waals surface area contributed by atoms with E-state index in [9.17, 15) is 18.4 Å².